The van der Waals surface area contributed by atoms with Crippen LogP contribution in [0, 0.1) is 0 Å². The zero-order valence-corrected chi connectivity index (χ0v) is 11.5. The first-order chi connectivity index (χ1) is 9.72. The van der Waals surface area contributed by atoms with Gasteiger partial charge in [0.2, 0.25) is 0 Å². The third-order valence-electron chi connectivity index (χ3n) is 3.52. The molecule has 104 valence electrons. The van der Waals surface area contributed by atoms with Crippen molar-refractivity contribution in [3.05, 3.63) is 46.8 Å². The molecule has 2 aromatic rings. The van der Waals surface area contributed by atoms with E-state index in [-0.39, 0.29) is 11.6 Å². The Balaban J connectivity index is 2.20. The standard InChI is InChI=1S/C16H18N2O2/c1-2-20-15-6-4-3-5-12(15)14-10-9-13(17)16(19)18(14)11-7-8-11/h3-6,9-11H,2,7-8,17H2,1H3. The number of pyridine rings is 1. The lowest BCUT2D eigenvalue weighted by molar-refractivity contribution is 0.341. The number of nitrogens with two attached hydrogens (primary N) is 1. The largest absolute Gasteiger partial charge is 0.493 e. The lowest BCUT2D eigenvalue weighted by Gasteiger charge is -2.16. The van der Waals surface area contributed by atoms with Crippen molar-refractivity contribution in [1.82, 2.24) is 4.57 Å². The molecule has 0 aliphatic heterocycles. The fourth-order valence-electron chi connectivity index (χ4n) is 2.44. The highest BCUT2D eigenvalue weighted by atomic mass is 16.5. The first-order valence-electron chi connectivity index (χ1n) is 6.95. The van der Waals surface area contributed by atoms with Gasteiger partial charge < -0.3 is 15.0 Å². The number of aromatic nitrogens is 1. The fraction of sp³-hybridized carbons (Fsp3) is 0.312. The van der Waals surface area contributed by atoms with Crippen molar-refractivity contribution in [3.8, 4) is 17.0 Å². The molecule has 1 aromatic carbocycles. The van der Waals surface area contributed by atoms with E-state index in [1.54, 1.807) is 6.07 Å². The number of hydrogen-bond donors (Lipinski definition) is 1. The third-order valence-corrected chi connectivity index (χ3v) is 3.52. The zero-order chi connectivity index (χ0) is 14.1. The zero-order valence-electron chi connectivity index (χ0n) is 11.5. The quantitative estimate of drug-likeness (QED) is 0.929. The van der Waals surface area contributed by atoms with Gasteiger partial charge in [-0.25, -0.2) is 0 Å². The Morgan fingerprint density at radius 1 is 1.25 bits per heavy atom. The van der Waals surface area contributed by atoms with E-state index in [0.717, 1.165) is 29.8 Å². The van der Waals surface area contributed by atoms with Gasteiger partial charge in [-0.15, -0.1) is 0 Å². The van der Waals surface area contributed by atoms with E-state index in [9.17, 15) is 4.79 Å². The van der Waals surface area contributed by atoms with Crippen LogP contribution in [0.4, 0.5) is 5.69 Å². The molecule has 4 nitrogen and oxygen atoms in total. The van der Waals surface area contributed by atoms with E-state index in [0.29, 0.717) is 12.3 Å². The Bertz CT molecular complexity index is 687. The van der Waals surface area contributed by atoms with Crippen LogP contribution in [0.3, 0.4) is 0 Å². The second kappa shape index (κ2) is 5.04. The smallest absolute Gasteiger partial charge is 0.274 e. The average molecular weight is 270 g/mol. The van der Waals surface area contributed by atoms with Crippen molar-refractivity contribution in [2.24, 2.45) is 0 Å². The number of para-hydroxylation sites is 1. The van der Waals surface area contributed by atoms with E-state index in [2.05, 4.69) is 0 Å². The van der Waals surface area contributed by atoms with Crippen molar-refractivity contribution in [2.45, 2.75) is 25.8 Å². The summed E-state index contributed by atoms with van der Waals surface area (Å²) in [5.74, 6) is 0.800. The SMILES string of the molecule is CCOc1ccccc1-c1ccc(N)c(=O)n1C1CC1. The highest BCUT2D eigenvalue weighted by Crippen LogP contribution is 2.39. The van der Waals surface area contributed by atoms with Crippen LogP contribution in [-0.4, -0.2) is 11.2 Å². The monoisotopic (exact) mass is 270 g/mol. The first-order valence-corrected chi connectivity index (χ1v) is 6.95. The van der Waals surface area contributed by atoms with Crippen LogP contribution in [0.1, 0.15) is 25.8 Å². The van der Waals surface area contributed by atoms with Gasteiger partial charge in [-0.05, 0) is 44.0 Å². The summed E-state index contributed by atoms with van der Waals surface area (Å²) < 4.78 is 7.48. The van der Waals surface area contributed by atoms with Gasteiger partial charge in [0.15, 0.2) is 0 Å². The van der Waals surface area contributed by atoms with Crippen LogP contribution in [0.15, 0.2) is 41.2 Å². The summed E-state index contributed by atoms with van der Waals surface area (Å²) in [6.45, 7) is 2.55. The number of nitrogen functional groups attached to an aromatic ring is 1. The maximum atomic E-state index is 12.3. The Hall–Kier alpha value is -2.23. The summed E-state index contributed by atoms with van der Waals surface area (Å²) in [6, 6.07) is 11.7. The number of anilines is 1. The Morgan fingerprint density at radius 3 is 2.70 bits per heavy atom. The van der Waals surface area contributed by atoms with Crippen molar-refractivity contribution in [3.63, 3.8) is 0 Å². The van der Waals surface area contributed by atoms with E-state index < -0.39 is 0 Å². The fourth-order valence-corrected chi connectivity index (χ4v) is 2.44. The molecule has 4 heteroatoms. The van der Waals surface area contributed by atoms with Crippen molar-refractivity contribution >= 4 is 5.69 Å². The van der Waals surface area contributed by atoms with Gasteiger partial charge in [0.1, 0.15) is 5.75 Å². The predicted octanol–water partition coefficient (Wildman–Crippen LogP) is 2.83. The lowest BCUT2D eigenvalue weighted by Crippen LogP contribution is -2.23. The van der Waals surface area contributed by atoms with E-state index in [1.807, 2.05) is 41.8 Å². The number of ether oxygens (including phenoxy) is 1. The van der Waals surface area contributed by atoms with Gasteiger partial charge >= 0.3 is 0 Å². The highest BCUT2D eigenvalue weighted by molar-refractivity contribution is 5.68. The first kappa shape index (κ1) is 12.8. The van der Waals surface area contributed by atoms with Crippen molar-refractivity contribution in [1.29, 1.82) is 0 Å². The Labute approximate surface area is 117 Å². The van der Waals surface area contributed by atoms with Crippen LogP contribution >= 0.6 is 0 Å². The van der Waals surface area contributed by atoms with Crippen LogP contribution in [-0.2, 0) is 0 Å². The van der Waals surface area contributed by atoms with Crippen LogP contribution in [0.5, 0.6) is 5.75 Å². The maximum Gasteiger partial charge on any atom is 0.274 e. The second-order valence-corrected chi connectivity index (χ2v) is 5.01. The minimum atomic E-state index is -0.101. The van der Waals surface area contributed by atoms with Crippen molar-refractivity contribution < 1.29 is 4.74 Å². The van der Waals surface area contributed by atoms with Gasteiger partial charge in [0.25, 0.3) is 5.56 Å². The molecule has 0 bridgehead atoms. The second-order valence-electron chi connectivity index (χ2n) is 5.01. The number of benzene rings is 1. The average Bonchev–Trinajstić information content (AvgIpc) is 3.27. The van der Waals surface area contributed by atoms with Gasteiger partial charge in [0.05, 0.1) is 18.0 Å². The molecule has 2 N–H and O–H groups in total. The summed E-state index contributed by atoms with van der Waals surface area (Å²) in [5, 5.41) is 0. The predicted molar refractivity (Wildman–Crippen MR) is 80.0 cm³/mol. The minimum absolute atomic E-state index is 0.101. The van der Waals surface area contributed by atoms with Gasteiger partial charge in [-0.2, -0.15) is 0 Å². The summed E-state index contributed by atoms with van der Waals surface area (Å²) in [6.07, 6.45) is 2.07. The summed E-state index contributed by atoms with van der Waals surface area (Å²) in [4.78, 5) is 12.3. The molecule has 0 amide bonds. The molecule has 1 fully saturated rings. The van der Waals surface area contributed by atoms with Gasteiger partial charge in [0, 0.05) is 11.6 Å². The molecule has 1 aliphatic carbocycles. The Kier molecular flexibility index (Phi) is 3.22. The molecule has 0 saturated heterocycles. The topological polar surface area (TPSA) is 57.2 Å². The summed E-state index contributed by atoms with van der Waals surface area (Å²) in [7, 11) is 0. The van der Waals surface area contributed by atoms with E-state index >= 15 is 0 Å². The molecular weight excluding hydrogens is 252 g/mol. The molecule has 1 saturated carbocycles. The molecular formula is C16H18N2O2. The molecule has 3 rings (SSSR count). The number of rotatable bonds is 4. The van der Waals surface area contributed by atoms with E-state index in [1.165, 1.54) is 0 Å². The molecule has 1 aromatic heterocycles. The number of hydrogen-bond acceptors (Lipinski definition) is 3. The molecule has 0 spiro atoms. The highest BCUT2D eigenvalue weighted by Gasteiger charge is 2.28. The summed E-state index contributed by atoms with van der Waals surface area (Å²) >= 11 is 0. The molecule has 20 heavy (non-hydrogen) atoms. The van der Waals surface area contributed by atoms with Crippen LogP contribution < -0.4 is 16.0 Å². The minimum Gasteiger partial charge on any atom is -0.493 e. The maximum absolute atomic E-state index is 12.3. The lowest BCUT2D eigenvalue weighted by atomic mass is 10.1. The molecule has 1 aliphatic rings. The Morgan fingerprint density at radius 2 is 2.00 bits per heavy atom. The third kappa shape index (κ3) is 2.18. The van der Waals surface area contributed by atoms with Crippen LogP contribution in [0.2, 0.25) is 0 Å². The van der Waals surface area contributed by atoms with Gasteiger partial charge in [-0.1, -0.05) is 12.1 Å². The van der Waals surface area contributed by atoms with Crippen LogP contribution in [0.25, 0.3) is 11.3 Å². The molecule has 0 atom stereocenters. The summed E-state index contributed by atoms with van der Waals surface area (Å²) in [5.41, 5.74) is 7.79. The number of nitrogens with zero attached hydrogens (tertiary/aromatic N) is 1. The molecule has 0 unspecified atom stereocenters. The molecule has 0 radical (unpaired) electrons. The normalized spacial score (nSPS) is 14.2. The van der Waals surface area contributed by atoms with Crippen molar-refractivity contribution in [2.75, 3.05) is 12.3 Å². The van der Waals surface area contributed by atoms with Gasteiger partial charge in [-0.3, -0.25) is 4.79 Å². The van der Waals surface area contributed by atoms with E-state index in [4.69, 9.17) is 10.5 Å². The molecule has 1 heterocycles.